The summed E-state index contributed by atoms with van der Waals surface area (Å²) in [5.41, 5.74) is 0. The fourth-order valence-corrected chi connectivity index (χ4v) is 2.20. The van der Waals surface area contributed by atoms with Crippen LogP contribution >= 0.6 is 0 Å². The van der Waals surface area contributed by atoms with Crippen molar-refractivity contribution in [3.05, 3.63) is 0 Å². The first-order chi connectivity index (χ1) is 8.13. The summed E-state index contributed by atoms with van der Waals surface area (Å²) in [6.07, 6.45) is 6.67. The molecule has 1 unspecified atom stereocenters. The molecule has 0 aliphatic carbocycles. The lowest BCUT2D eigenvalue weighted by Gasteiger charge is -2.29. The van der Waals surface area contributed by atoms with Crippen LogP contribution in [0.4, 0.5) is 0 Å². The number of piperidine rings is 1. The molecule has 100 valence electrons. The summed E-state index contributed by atoms with van der Waals surface area (Å²) in [6, 6.07) is 0. The van der Waals surface area contributed by atoms with Gasteiger partial charge in [-0.05, 0) is 26.3 Å². The molecule has 1 rings (SSSR count). The minimum Gasteiger partial charge on any atom is -0.462 e. The van der Waals surface area contributed by atoms with Crippen LogP contribution < -0.4 is 0 Å². The van der Waals surface area contributed by atoms with Gasteiger partial charge in [-0.2, -0.15) is 0 Å². The van der Waals surface area contributed by atoms with E-state index in [1.165, 1.54) is 12.8 Å². The van der Waals surface area contributed by atoms with Crippen molar-refractivity contribution >= 4 is 5.97 Å². The molecule has 0 aromatic carbocycles. The normalized spacial score (nSPS) is 20.2. The van der Waals surface area contributed by atoms with E-state index in [0.29, 0.717) is 0 Å². The quantitative estimate of drug-likeness (QED) is 0.529. The lowest BCUT2D eigenvalue weighted by Crippen LogP contribution is -2.36. The molecule has 1 heterocycles. The van der Waals surface area contributed by atoms with Crippen molar-refractivity contribution in [3.8, 4) is 0 Å². The first-order valence-electron chi connectivity index (χ1n) is 7.02. The first kappa shape index (κ1) is 14.5. The Hall–Kier alpha value is -0.570. The number of esters is 1. The third-order valence-electron chi connectivity index (χ3n) is 3.59. The molecular formula is C14H27NO2. The molecule has 1 aliphatic rings. The predicted octanol–water partition coefficient (Wildman–Crippen LogP) is 2.84. The van der Waals surface area contributed by atoms with Crippen LogP contribution in [0.1, 0.15) is 52.4 Å². The molecule has 17 heavy (non-hydrogen) atoms. The van der Waals surface area contributed by atoms with Gasteiger partial charge < -0.3 is 9.64 Å². The Labute approximate surface area is 106 Å². The van der Waals surface area contributed by atoms with Gasteiger partial charge in [0.25, 0.3) is 0 Å². The number of hydrogen-bond donors (Lipinski definition) is 0. The van der Waals surface area contributed by atoms with E-state index in [9.17, 15) is 4.79 Å². The van der Waals surface area contributed by atoms with Gasteiger partial charge in [0, 0.05) is 13.1 Å². The molecule has 1 saturated heterocycles. The molecule has 0 N–H and O–H groups in total. The van der Waals surface area contributed by atoms with E-state index < -0.39 is 0 Å². The molecule has 1 atom stereocenters. The lowest BCUT2D eigenvalue weighted by molar-refractivity contribution is -0.155. The van der Waals surface area contributed by atoms with E-state index in [-0.39, 0.29) is 18.0 Å². The Morgan fingerprint density at radius 1 is 1.35 bits per heavy atom. The number of likely N-dealkylation sites (tertiary alicyclic amines) is 1. The third kappa shape index (κ3) is 5.53. The molecule has 0 aromatic rings. The minimum atomic E-state index is 0.00987. The van der Waals surface area contributed by atoms with E-state index >= 15 is 0 Å². The highest BCUT2D eigenvalue weighted by Crippen LogP contribution is 2.17. The highest BCUT2D eigenvalue weighted by molar-refractivity contribution is 5.72. The Bertz CT molecular complexity index is 222. The summed E-state index contributed by atoms with van der Waals surface area (Å²) in [6.45, 7) is 6.26. The molecule has 1 fully saturated rings. The molecule has 0 saturated carbocycles. The molecule has 0 bridgehead atoms. The van der Waals surface area contributed by atoms with Crippen LogP contribution in [0.5, 0.6) is 0 Å². The number of hydrogen-bond acceptors (Lipinski definition) is 3. The maximum absolute atomic E-state index is 11.9. The molecule has 3 heteroatoms. The van der Waals surface area contributed by atoms with Crippen LogP contribution in [-0.4, -0.2) is 37.1 Å². The summed E-state index contributed by atoms with van der Waals surface area (Å²) < 4.78 is 5.57. The van der Waals surface area contributed by atoms with Crippen LogP contribution in [0, 0.1) is 5.92 Å². The van der Waals surface area contributed by atoms with Gasteiger partial charge in [-0.25, -0.2) is 0 Å². The molecule has 0 aromatic heterocycles. The number of carbonyl (C=O) groups is 1. The molecular weight excluding hydrogens is 214 g/mol. The maximum atomic E-state index is 11.9. The number of unbranched alkanes of at least 4 members (excludes halogenated alkanes) is 2. The smallest absolute Gasteiger partial charge is 0.308 e. The van der Waals surface area contributed by atoms with Crippen molar-refractivity contribution in [1.82, 2.24) is 4.90 Å². The first-order valence-corrected chi connectivity index (χ1v) is 7.02. The summed E-state index contributed by atoms with van der Waals surface area (Å²) >= 11 is 0. The van der Waals surface area contributed by atoms with E-state index in [2.05, 4.69) is 18.9 Å². The second-order valence-electron chi connectivity index (χ2n) is 5.34. The van der Waals surface area contributed by atoms with Gasteiger partial charge in [0.2, 0.25) is 0 Å². The zero-order valence-electron chi connectivity index (χ0n) is 11.6. The second-order valence-corrected chi connectivity index (χ2v) is 5.34. The SMILES string of the molecule is CCCCCC(C)C(=O)OC1CCN(C)CC1. The monoisotopic (exact) mass is 241 g/mol. The predicted molar refractivity (Wildman–Crippen MR) is 69.9 cm³/mol. The maximum Gasteiger partial charge on any atom is 0.308 e. The van der Waals surface area contributed by atoms with Crippen LogP contribution in [0.3, 0.4) is 0 Å². The Balaban J connectivity index is 2.19. The molecule has 0 spiro atoms. The topological polar surface area (TPSA) is 29.5 Å². The van der Waals surface area contributed by atoms with Gasteiger partial charge in [-0.15, -0.1) is 0 Å². The van der Waals surface area contributed by atoms with Gasteiger partial charge in [0.15, 0.2) is 0 Å². The van der Waals surface area contributed by atoms with E-state index in [1.807, 2.05) is 6.92 Å². The fraction of sp³-hybridized carbons (Fsp3) is 0.929. The molecule has 3 nitrogen and oxygen atoms in total. The van der Waals surface area contributed by atoms with Crippen molar-refractivity contribution in [2.24, 2.45) is 5.92 Å². The summed E-state index contributed by atoms with van der Waals surface area (Å²) in [7, 11) is 2.12. The van der Waals surface area contributed by atoms with Crippen molar-refractivity contribution in [1.29, 1.82) is 0 Å². The van der Waals surface area contributed by atoms with Gasteiger partial charge in [0.05, 0.1) is 5.92 Å². The molecule has 0 amide bonds. The number of nitrogens with zero attached hydrogens (tertiary/aromatic N) is 1. The number of carbonyl (C=O) groups excluding carboxylic acids is 1. The van der Waals surface area contributed by atoms with Gasteiger partial charge in [-0.1, -0.05) is 33.1 Å². The van der Waals surface area contributed by atoms with Gasteiger partial charge in [-0.3, -0.25) is 4.79 Å². The average molecular weight is 241 g/mol. The van der Waals surface area contributed by atoms with Crippen LogP contribution in [0.15, 0.2) is 0 Å². The van der Waals surface area contributed by atoms with Crippen LogP contribution in [-0.2, 0) is 9.53 Å². The zero-order valence-corrected chi connectivity index (χ0v) is 11.6. The Morgan fingerprint density at radius 3 is 2.59 bits per heavy atom. The van der Waals surface area contributed by atoms with Crippen molar-refractivity contribution < 1.29 is 9.53 Å². The van der Waals surface area contributed by atoms with E-state index in [1.54, 1.807) is 0 Å². The molecule has 0 radical (unpaired) electrons. The largest absolute Gasteiger partial charge is 0.462 e. The highest BCUT2D eigenvalue weighted by atomic mass is 16.5. The summed E-state index contributed by atoms with van der Waals surface area (Å²) in [4.78, 5) is 14.1. The summed E-state index contributed by atoms with van der Waals surface area (Å²) in [5, 5.41) is 0. The van der Waals surface area contributed by atoms with Crippen LogP contribution in [0.2, 0.25) is 0 Å². The Morgan fingerprint density at radius 2 is 2.00 bits per heavy atom. The van der Waals surface area contributed by atoms with Gasteiger partial charge in [0.1, 0.15) is 6.10 Å². The van der Waals surface area contributed by atoms with Gasteiger partial charge >= 0.3 is 5.97 Å². The highest BCUT2D eigenvalue weighted by Gasteiger charge is 2.22. The second kappa shape index (κ2) is 7.70. The van der Waals surface area contributed by atoms with Crippen LogP contribution in [0.25, 0.3) is 0 Å². The number of rotatable bonds is 6. The van der Waals surface area contributed by atoms with E-state index in [4.69, 9.17) is 4.74 Å². The zero-order chi connectivity index (χ0) is 12.7. The van der Waals surface area contributed by atoms with Crippen molar-refractivity contribution in [3.63, 3.8) is 0 Å². The average Bonchev–Trinajstić information content (AvgIpc) is 2.32. The standard InChI is InChI=1S/C14H27NO2/c1-4-5-6-7-12(2)14(16)17-13-8-10-15(3)11-9-13/h12-13H,4-11H2,1-3H3. The summed E-state index contributed by atoms with van der Waals surface area (Å²) in [5.74, 6) is 0.0804. The Kier molecular flexibility index (Phi) is 6.56. The number of ether oxygens (including phenoxy) is 1. The fourth-order valence-electron chi connectivity index (χ4n) is 2.20. The lowest BCUT2D eigenvalue weighted by atomic mass is 10.0. The third-order valence-corrected chi connectivity index (χ3v) is 3.59. The van der Waals surface area contributed by atoms with Crippen molar-refractivity contribution in [2.75, 3.05) is 20.1 Å². The minimum absolute atomic E-state index is 0.00987. The molecule has 1 aliphatic heterocycles. The van der Waals surface area contributed by atoms with Crippen molar-refractivity contribution in [2.45, 2.75) is 58.5 Å². The van der Waals surface area contributed by atoms with E-state index in [0.717, 1.165) is 38.8 Å².